The summed E-state index contributed by atoms with van der Waals surface area (Å²) >= 11 is 1.50. The SMILES string of the molecule is Cc1nc(-c2cnc(N)c(C(=O)O)c2)cs1. The number of nitrogens with zero attached hydrogens (tertiary/aromatic N) is 2. The Balaban J connectivity index is 2.51. The third-order valence-electron chi connectivity index (χ3n) is 2.06. The monoisotopic (exact) mass is 235 g/mol. The first-order chi connectivity index (χ1) is 7.58. The highest BCUT2D eigenvalue weighted by molar-refractivity contribution is 7.09. The number of aryl methyl sites for hydroxylation is 1. The van der Waals surface area contributed by atoms with Crippen LogP contribution in [0.1, 0.15) is 15.4 Å². The summed E-state index contributed by atoms with van der Waals surface area (Å²) in [5.74, 6) is -1.07. The summed E-state index contributed by atoms with van der Waals surface area (Å²) in [4.78, 5) is 19.0. The Morgan fingerprint density at radius 3 is 2.88 bits per heavy atom. The summed E-state index contributed by atoms with van der Waals surface area (Å²) in [5.41, 5.74) is 6.85. The molecule has 2 rings (SSSR count). The van der Waals surface area contributed by atoms with Crippen molar-refractivity contribution in [3.63, 3.8) is 0 Å². The fourth-order valence-corrected chi connectivity index (χ4v) is 1.90. The number of thiazole rings is 1. The van der Waals surface area contributed by atoms with E-state index in [1.54, 1.807) is 0 Å². The highest BCUT2D eigenvalue weighted by Gasteiger charge is 2.12. The summed E-state index contributed by atoms with van der Waals surface area (Å²) in [7, 11) is 0. The van der Waals surface area contributed by atoms with Crippen molar-refractivity contribution in [2.75, 3.05) is 5.73 Å². The molecule has 82 valence electrons. The van der Waals surface area contributed by atoms with Gasteiger partial charge in [-0.25, -0.2) is 14.8 Å². The zero-order chi connectivity index (χ0) is 11.7. The van der Waals surface area contributed by atoms with Crippen molar-refractivity contribution in [3.05, 3.63) is 28.2 Å². The number of aromatic carboxylic acids is 1. The molecule has 0 aromatic carbocycles. The predicted molar refractivity (Wildman–Crippen MR) is 61.5 cm³/mol. The summed E-state index contributed by atoms with van der Waals surface area (Å²) in [5, 5.41) is 11.7. The normalized spacial score (nSPS) is 10.3. The smallest absolute Gasteiger partial charge is 0.339 e. The van der Waals surface area contributed by atoms with Crippen molar-refractivity contribution in [3.8, 4) is 11.3 Å². The molecule has 0 atom stereocenters. The van der Waals surface area contributed by atoms with Crippen LogP contribution in [0.25, 0.3) is 11.3 Å². The van der Waals surface area contributed by atoms with Crippen LogP contribution < -0.4 is 5.73 Å². The summed E-state index contributed by atoms with van der Waals surface area (Å²) in [6.45, 7) is 1.89. The van der Waals surface area contributed by atoms with Crippen LogP contribution in [0.4, 0.5) is 5.82 Å². The van der Waals surface area contributed by atoms with Crippen LogP contribution in [0, 0.1) is 6.92 Å². The Kier molecular flexibility index (Phi) is 2.57. The van der Waals surface area contributed by atoms with Crippen molar-refractivity contribution in [2.24, 2.45) is 0 Å². The lowest BCUT2D eigenvalue weighted by Crippen LogP contribution is -2.04. The summed E-state index contributed by atoms with van der Waals surface area (Å²) in [6, 6.07) is 1.49. The van der Waals surface area contributed by atoms with E-state index in [2.05, 4.69) is 9.97 Å². The molecule has 6 heteroatoms. The minimum Gasteiger partial charge on any atom is -0.478 e. The van der Waals surface area contributed by atoms with E-state index in [1.165, 1.54) is 23.6 Å². The van der Waals surface area contributed by atoms with Crippen molar-refractivity contribution in [2.45, 2.75) is 6.92 Å². The molecule has 0 fully saturated rings. The van der Waals surface area contributed by atoms with Gasteiger partial charge in [0, 0.05) is 17.1 Å². The second kappa shape index (κ2) is 3.90. The first-order valence-electron chi connectivity index (χ1n) is 4.49. The van der Waals surface area contributed by atoms with E-state index in [0.29, 0.717) is 5.56 Å². The molecule has 16 heavy (non-hydrogen) atoms. The second-order valence-corrected chi connectivity index (χ2v) is 4.28. The van der Waals surface area contributed by atoms with Gasteiger partial charge in [-0.2, -0.15) is 0 Å². The third kappa shape index (κ3) is 1.87. The second-order valence-electron chi connectivity index (χ2n) is 3.21. The molecule has 0 unspecified atom stereocenters. The topological polar surface area (TPSA) is 89.1 Å². The van der Waals surface area contributed by atoms with E-state index >= 15 is 0 Å². The maximum Gasteiger partial charge on any atom is 0.339 e. The molecule has 0 aliphatic heterocycles. The number of aromatic nitrogens is 2. The van der Waals surface area contributed by atoms with Crippen LogP contribution in [-0.4, -0.2) is 21.0 Å². The number of rotatable bonds is 2. The number of anilines is 1. The van der Waals surface area contributed by atoms with Crippen molar-refractivity contribution < 1.29 is 9.90 Å². The van der Waals surface area contributed by atoms with Gasteiger partial charge in [0.05, 0.1) is 10.7 Å². The number of hydrogen-bond acceptors (Lipinski definition) is 5. The van der Waals surface area contributed by atoms with E-state index in [4.69, 9.17) is 10.8 Å². The average Bonchev–Trinajstić information content (AvgIpc) is 2.65. The van der Waals surface area contributed by atoms with Gasteiger partial charge in [-0.05, 0) is 13.0 Å². The Bertz CT molecular complexity index is 551. The van der Waals surface area contributed by atoms with Gasteiger partial charge < -0.3 is 10.8 Å². The van der Waals surface area contributed by atoms with Gasteiger partial charge in [0.15, 0.2) is 0 Å². The molecule has 0 amide bonds. The minimum absolute atomic E-state index is 0.00292. The van der Waals surface area contributed by atoms with Gasteiger partial charge in [-0.3, -0.25) is 0 Å². The first-order valence-corrected chi connectivity index (χ1v) is 5.37. The number of hydrogen-bond donors (Lipinski definition) is 2. The van der Waals surface area contributed by atoms with Crippen molar-refractivity contribution in [1.82, 2.24) is 9.97 Å². The lowest BCUT2D eigenvalue weighted by atomic mass is 10.1. The molecular formula is C10H9N3O2S. The van der Waals surface area contributed by atoms with E-state index in [0.717, 1.165) is 10.7 Å². The van der Waals surface area contributed by atoms with Crippen molar-refractivity contribution >= 4 is 23.1 Å². The lowest BCUT2D eigenvalue weighted by Gasteiger charge is -2.01. The average molecular weight is 235 g/mol. The van der Waals surface area contributed by atoms with Crippen LogP contribution in [0.3, 0.4) is 0 Å². The van der Waals surface area contributed by atoms with Gasteiger partial charge in [-0.1, -0.05) is 0 Å². The van der Waals surface area contributed by atoms with Crippen molar-refractivity contribution in [1.29, 1.82) is 0 Å². The van der Waals surface area contributed by atoms with Gasteiger partial charge in [0.2, 0.25) is 0 Å². The summed E-state index contributed by atoms with van der Waals surface area (Å²) in [6.07, 6.45) is 1.52. The minimum atomic E-state index is -1.08. The fourth-order valence-electron chi connectivity index (χ4n) is 1.28. The number of carboxylic acids is 1. The fraction of sp³-hybridized carbons (Fsp3) is 0.100. The highest BCUT2D eigenvalue weighted by Crippen LogP contribution is 2.23. The third-order valence-corrected chi connectivity index (χ3v) is 2.84. The van der Waals surface area contributed by atoms with Crippen LogP contribution in [-0.2, 0) is 0 Å². The van der Waals surface area contributed by atoms with Crippen LogP contribution >= 0.6 is 11.3 Å². The lowest BCUT2D eigenvalue weighted by molar-refractivity contribution is 0.0698. The zero-order valence-electron chi connectivity index (χ0n) is 8.47. The van der Waals surface area contributed by atoms with Crippen LogP contribution in [0.5, 0.6) is 0 Å². The van der Waals surface area contributed by atoms with Gasteiger partial charge in [-0.15, -0.1) is 11.3 Å². The van der Waals surface area contributed by atoms with Crippen LogP contribution in [0.2, 0.25) is 0 Å². The van der Waals surface area contributed by atoms with E-state index in [9.17, 15) is 4.79 Å². The molecule has 0 spiro atoms. The molecular weight excluding hydrogens is 226 g/mol. The Morgan fingerprint density at radius 1 is 1.56 bits per heavy atom. The van der Waals surface area contributed by atoms with E-state index in [-0.39, 0.29) is 11.4 Å². The van der Waals surface area contributed by atoms with Crippen LogP contribution in [0.15, 0.2) is 17.6 Å². The molecule has 2 aromatic rings. The quantitative estimate of drug-likeness (QED) is 0.828. The number of pyridine rings is 1. The standard InChI is InChI=1S/C10H9N3O2S/c1-5-13-8(4-16-5)6-2-7(10(14)15)9(11)12-3-6/h2-4H,1H3,(H2,11,12)(H,14,15). The highest BCUT2D eigenvalue weighted by atomic mass is 32.1. The molecule has 0 radical (unpaired) electrons. The largest absolute Gasteiger partial charge is 0.478 e. The van der Waals surface area contributed by atoms with E-state index in [1.807, 2.05) is 12.3 Å². The molecule has 0 saturated carbocycles. The van der Waals surface area contributed by atoms with Gasteiger partial charge >= 0.3 is 5.97 Å². The maximum absolute atomic E-state index is 10.9. The Morgan fingerprint density at radius 2 is 2.31 bits per heavy atom. The van der Waals surface area contributed by atoms with E-state index < -0.39 is 5.97 Å². The molecule has 0 bridgehead atoms. The Labute approximate surface area is 95.6 Å². The predicted octanol–water partition coefficient (Wildman–Crippen LogP) is 1.79. The zero-order valence-corrected chi connectivity index (χ0v) is 9.28. The number of nitrogen functional groups attached to an aromatic ring is 1. The Hall–Kier alpha value is -1.95. The number of carbonyl (C=O) groups is 1. The number of carboxylic acid groups (broad SMARTS) is 1. The molecule has 5 nitrogen and oxygen atoms in total. The number of nitrogens with two attached hydrogens (primary N) is 1. The molecule has 2 heterocycles. The maximum atomic E-state index is 10.9. The van der Waals surface area contributed by atoms with Gasteiger partial charge in [0.1, 0.15) is 11.4 Å². The molecule has 0 aliphatic carbocycles. The summed E-state index contributed by atoms with van der Waals surface area (Å²) < 4.78 is 0. The molecule has 3 N–H and O–H groups in total. The molecule has 0 aliphatic rings. The van der Waals surface area contributed by atoms with Gasteiger partial charge in [0.25, 0.3) is 0 Å². The first kappa shape index (κ1) is 10.6. The molecule has 2 aromatic heterocycles. The molecule has 0 saturated heterocycles.